The molecular weight excluding hydrogens is 206 g/mol. The van der Waals surface area contributed by atoms with Gasteiger partial charge in [0.05, 0.1) is 6.20 Å². The number of anilines is 2. The van der Waals surface area contributed by atoms with Crippen LogP contribution in [-0.2, 0) is 6.54 Å². The molecule has 0 saturated carbocycles. The molecule has 0 fully saturated rings. The molecule has 0 unspecified atom stereocenters. The van der Waals surface area contributed by atoms with Gasteiger partial charge in [-0.15, -0.1) is 5.10 Å². The first-order valence-corrected chi connectivity index (χ1v) is 5.00. The second kappa shape index (κ2) is 5.06. The third-order valence-electron chi connectivity index (χ3n) is 2.03. The highest BCUT2D eigenvalue weighted by Crippen LogP contribution is 2.04. The quantitative estimate of drug-likeness (QED) is 0.695. The lowest BCUT2D eigenvalue weighted by Gasteiger charge is -2.05. The van der Waals surface area contributed by atoms with Gasteiger partial charge in [0.2, 0.25) is 0 Å². The Bertz CT molecular complexity index is 425. The number of nitrogens with zero attached hydrogens (tertiary/aromatic N) is 5. The van der Waals surface area contributed by atoms with E-state index in [1.165, 1.54) is 6.33 Å². The first kappa shape index (κ1) is 10.3. The third kappa shape index (κ3) is 2.91. The van der Waals surface area contributed by atoms with Gasteiger partial charge in [0, 0.05) is 25.4 Å². The van der Waals surface area contributed by atoms with Crippen LogP contribution in [0, 0.1) is 0 Å². The third-order valence-corrected chi connectivity index (χ3v) is 2.03. The van der Waals surface area contributed by atoms with Crippen LogP contribution in [0.5, 0.6) is 0 Å². The van der Waals surface area contributed by atoms with E-state index in [-0.39, 0.29) is 0 Å². The monoisotopic (exact) mass is 219 g/mol. The molecule has 0 aliphatic rings. The van der Waals surface area contributed by atoms with Crippen molar-refractivity contribution >= 4 is 11.6 Å². The van der Waals surface area contributed by atoms with Crippen molar-refractivity contribution in [3.63, 3.8) is 0 Å². The molecule has 0 atom stereocenters. The van der Waals surface area contributed by atoms with Gasteiger partial charge in [0.15, 0.2) is 0 Å². The van der Waals surface area contributed by atoms with Crippen LogP contribution < -0.4 is 11.1 Å². The standard InChI is InChI=1S/C9H13N7/c10-8-6-9(13-7-12-8)11-2-1-4-16-5-3-14-15-16/h3,5-7H,1-2,4H2,(H3,10,11,12,13). The molecule has 7 nitrogen and oxygen atoms in total. The smallest absolute Gasteiger partial charge is 0.131 e. The normalized spacial score (nSPS) is 10.2. The van der Waals surface area contributed by atoms with Gasteiger partial charge in [-0.2, -0.15) is 0 Å². The highest BCUT2D eigenvalue weighted by atomic mass is 15.4. The SMILES string of the molecule is Nc1cc(NCCCn2ccnn2)ncn1. The summed E-state index contributed by atoms with van der Waals surface area (Å²) < 4.78 is 1.79. The maximum absolute atomic E-state index is 5.53. The van der Waals surface area contributed by atoms with Crippen LogP contribution >= 0.6 is 0 Å². The van der Waals surface area contributed by atoms with Crippen LogP contribution in [0.1, 0.15) is 6.42 Å². The summed E-state index contributed by atoms with van der Waals surface area (Å²) in [5.41, 5.74) is 5.53. The molecular formula is C9H13N7. The largest absolute Gasteiger partial charge is 0.384 e. The van der Waals surface area contributed by atoms with Crippen molar-refractivity contribution in [2.75, 3.05) is 17.6 Å². The Hall–Kier alpha value is -2.18. The fraction of sp³-hybridized carbons (Fsp3) is 0.333. The van der Waals surface area contributed by atoms with Crippen molar-refractivity contribution in [1.82, 2.24) is 25.0 Å². The van der Waals surface area contributed by atoms with Crippen LogP contribution in [0.15, 0.2) is 24.8 Å². The lowest BCUT2D eigenvalue weighted by atomic mass is 10.4. The van der Waals surface area contributed by atoms with Gasteiger partial charge in [-0.25, -0.2) is 9.97 Å². The number of nitrogens with one attached hydrogen (secondary N) is 1. The van der Waals surface area contributed by atoms with Crippen molar-refractivity contribution in [3.8, 4) is 0 Å². The minimum absolute atomic E-state index is 0.466. The van der Waals surface area contributed by atoms with E-state index in [1.807, 2.05) is 6.20 Å². The van der Waals surface area contributed by atoms with Crippen molar-refractivity contribution in [2.45, 2.75) is 13.0 Å². The summed E-state index contributed by atoms with van der Waals surface area (Å²) in [5, 5.41) is 10.7. The van der Waals surface area contributed by atoms with Crippen molar-refractivity contribution in [1.29, 1.82) is 0 Å². The highest BCUT2D eigenvalue weighted by Gasteiger charge is 1.95. The summed E-state index contributed by atoms with van der Waals surface area (Å²) in [5.74, 6) is 1.21. The molecule has 0 bridgehead atoms. The van der Waals surface area contributed by atoms with Crippen LogP contribution in [0.2, 0.25) is 0 Å². The maximum atomic E-state index is 5.53. The Kier molecular flexibility index (Phi) is 3.27. The molecule has 0 aromatic carbocycles. The molecule has 3 N–H and O–H groups in total. The molecule has 2 heterocycles. The number of aromatic nitrogens is 5. The average Bonchev–Trinajstić information content (AvgIpc) is 2.77. The zero-order valence-corrected chi connectivity index (χ0v) is 8.74. The zero-order chi connectivity index (χ0) is 11.2. The number of rotatable bonds is 5. The van der Waals surface area contributed by atoms with Gasteiger partial charge in [0.1, 0.15) is 18.0 Å². The Morgan fingerprint density at radius 2 is 2.31 bits per heavy atom. The number of hydrogen-bond acceptors (Lipinski definition) is 6. The molecule has 0 radical (unpaired) electrons. The van der Waals surface area contributed by atoms with E-state index in [0.717, 1.165) is 25.3 Å². The van der Waals surface area contributed by atoms with E-state index in [1.54, 1.807) is 16.9 Å². The summed E-state index contributed by atoms with van der Waals surface area (Å²) in [6.07, 6.45) is 5.88. The predicted octanol–water partition coefficient (Wildman–Crippen LogP) is 0.152. The predicted molar refractivity (Wildman–Crippen MR) is 59.6 cm³/mol. The van der Waals surface area contributed by atoms with E-state index in [4.69, 9.17) is 5.73 Å². The van der Waals surface area contributed by atoms with E-state index in [9.17, 15) is 0 Å². The number of nitrogens with two attached hydrogens (primary N) is 1. The lowest BCUT2D eigenvalue weighted by Crippen LogP contribution is -2.08. The van der Waals surface area contributed by atoms with Gasteiger partial charge < -0.3 is 11.1 Å². The molecule has 0 amide bonds. The Morgan fingerprint density at radius 3 is 3.06 bits per heavy atom. The highest BCUT2D eigenvalue weighted by molar-refractivity contribution is 5.42. The van der Waals surface area contributed by atoms with Crippen LogP contribution in [0.3, 0.4) is 0 Å². The van der Waals surface area contributed by atoms with Crippen molar-refractivity contribution in [3.05, 3.63) is 24.8 Å². The summed E-state index contributed by atoms with van der Waals surface area (Å²) in [6, 6.07) is 1.70. The Labute approximate surface area is 92.7 Å². The number of nitrogen functional groups attached to an aromatic ring is 1. The number of aryl methyl sites for hydroxylation is 1. The van der Waals surface area contributed by atoms with Crippen LogP contribution in [-0.4, -0.2) is 31.5 Å². The number of hydrogen-bond donors (Lipinski definition) is 2. The molecule has 2 aromatic heterocycles. The van der Waals surface area contributed by atoms with Crippen molar-refractivity contribution < 1.29 is 0 Å². The van der Waals surface area contributed by atoms with Gasteiger partial charge in [0.25, 0.3) is 0 Å². The van der Waals surface area contributed by atoms with Crippen LogP contribution in [0.25, 0.3) is 0 Å². The summed E-state index contributed by atoms with van der Waals surface area (Å²) in [7, 11) is 0. The summed E-state index contributed by atoms with van der Waals surface area (Å²) in [6.45, 7) is 1.63. The fourth-order valence-electron chi connectivity index (χ4n) is 1.28. The summed E-state index contributed by atoms with van der Waals surface area (Å²) in [4.78, 5) is 7.85. The fourth-order valence-corrected chi connectivity index (χ4v) is 1.28. The molecule has 0 aliphatic carbocycles. The maximum Gasteiger partial charge on any atom is 0.131 e. The second-order valence-electron chi connectivity index (χ2n) is 3.27. The molecule has 16 heavy (non-hydrogen) atoms. The van der Waals surface area contributed by atoms with E-state index in [2.05, 4.69) is 25.6 Å². The first-order valence-electron chi connectivity index (χ1n) is 5.00. The molecule has 0 saturated heterocycles. The topological polar surface area (TPSA) is 94.5 Å². The van der Waals surface area contributed by atoms with E-state index in [0.29, 0.717) is 5.82 Å². The Balaban J connectivity index is 1.72. The minimum atomic E-state index is 0.466. The van der Waals surface area contributed by atoms with Crippen LogP contribution in [0.4, 0.5) is 11.6 Å². The molecule has 0 spiro atoms. The molecule has 84 valence electrons. The average molecular weight is 219 g/mol. The lowest BCUT2D eigenvalue weighted by molar-refractivity contribution is 0.569. The van der Waals surface area contributed by atoms with E-state index < -0.39 is 0 Å². The molecule has 2 aromatic rings. The van der Waals surface area contributed by atoms with Gasteiger partial charge >= 0.3 is 0 Å². The van der Waals surface area contributed by atoms with Gasteiger partial charge in [-0.05, 0) is 6.42 Å². The van der Waals surface area contributed by atoms with E-state index >= 15 is 0 Å². The Morgan fingerprint density at radius 1 is 1.38 bits per heavy atom. The molecule has 0 aliphatic heterocycles. The molecule has 2 rings (SSSR count). The first-order chi connectivity index (χ1) is 7.84. The summed E-state index contributed by atoms with van der Waals surface area (Å²) >= 11 is 0. The minimum Gasteiger partial charge on any atom is -0.384 e. The van der Waals surface area contributed by atoms with Gasteiger partial charge in [-0.3, -0.25) is 4.68 Å². The van der Waals surface area contributed by atoms with Crippen molar-refractivity contribution in [2.24, 2.45) is 0 Å². The second-order valence-corrected chi connectivity index (χ2v) is 3.27. The molecule has 7 heteroatoms. The zero-order valence-electron chi connectivity index (χ0n) is 8.74. The van der Waals surface area contributed by atoms with Gasteiger partial charge in [-0.1, -0.05) is 5.21 Å².